The first-order chi connectivity index (χ1) is 12.9. The molecule has 0 aromatic heterocycles. The molecule has 0 heterocycles. The molecule has 0 aliphatic rings. The van der Waals surface area contributed by atoms with Crippen molar-refractivity contribution in [2.24, 2.45) is 0 Å². The van der Waals surface area contributed by atoms with Crippen molar-refractivity contribution in [1.82, 2.24) is 0 Å². The number of hydrogen-bond donors (Lipinski definition) is 0. The quantitative estimate of drug-likeness (QED) is 0.378. The molecule has 0 aliphatic carbocycles. The minimum absolute atomic E-state index is 0. The zero-order valence-corrected chi connectivity index (χ0v) is 17.5. The van der Waals surface area contributed by atoms with E-state index in [-0.39, 0.29) is 73.9 Å². The van der Waals surface area contributed by atoms with Gasteiger partial charge >= 0.3 is 73.9 Å². The van der Waals surface area contributed by atoms with Crippen molar-refractivity contribution in [2.45, 2.75) is 0 Å². The zero-order chi connectivity index (χ0) is 20.1. The first-order valence-electron chi connectivity index (χ1n) is 7.90. The van der Waals surface area contributed by atoms with E-state index in [1.54, 1.807) is 54.6 Å². The zero-order valence-electron chi connectivity index (χ0n) is 14.9. The van der Waals surface area contributed by atoms with Gasteiger partial charge in [-0.1, -0.05) is 54.6 Å². The van der Waals surface area contributed by atoms with Crippen LogP contribution in [-0.2, 0) is 0 Å². The molecule has 28 heavy (non-hydrogen) atoms. The Morgan fingerprint density at radius 3 is 0.857 bits per heavy atom. The summed E-state index contributed by atoms with van der Waals surface area (Å²) >= 11 is 0. The monoisotopic (exact) mass is 524 g/mol. The maximum absolute atomic E-state index is 8.89. The Balaban J connectivity index is 0.000000384. The average molecular weight is 523 g/mol. The van der Waals surface area contributed by atoms with E-state index in [9.17, 15) is 0 Å². The summed E-state index contributed by atoms with van der Waals surface area (Å²) in [6.45, 7) is 0. The molecular weight excluding hydrogens is 499 g/mol. The largest absolute Gasteiger partial charge is 3.00 e. The normalized spacial score (nSPS) is 8.57. The van der Waals surface area contributed by atoms with Gasteiger partial charge in [0.25, 0.3) is 0 Å². The van der Waals surface area contributed by atoms with E-state index in [4.69, 9.17) is 29.7 Å². The third-order valence-electron chi connectivity index (χ3n) is 3.05. The van der Waals surface area contributed by atoms with Gasteiger partial charge in [0.15, 0.2) is 0 Å². The van der Waals surface area contributed by atoms with Crippen LogP contribution in [0, 0.1) is 40.4 Å². The molecule has 0 saturated heterocycles. The van der Waals surface area contributed by atoms with Gasteiger partial charge in [0, 0.05) is 18.2 Å². The van der Waals surface area contributed by atoms with Gasteiger partial charge in [0.05, 0.1) is 18.2 Å². The van der Waals surface area contributed by atoms with Crippen LogP contribution in [0.15, 0.2) is 91.0 Å². The Morgan fingerprint density at radius 1 is 0.393 bits per heavy atom. The molecule has 0 amide bonds. The van der Waals surface area contributed by atoms with Crippen LogP contribution in [0.3, 0.4) is 0 Å². The molecule has 0 aliphatic heterocycles. The topological polar surface area (TPSA) is 133 Å². The summed E-state index contributed by atoms with van der Waals surface area (Å²) in [6, 6.07) is 24.6. The first-order valence-corrected chi connectivity index (χ1v) is 7.90. The molecule has 0 spiro atoms. The maximum Gasteiger partial charge on any atom is 3.00 e. The van der Waals surface area contributed by atoms with E-state index in [0.29, 0.717) is 0 Å². The van der Waals surface area contributed by atoms with Crippen molar-refractivity contribution in [1.29, 1.82) is 0 Å². The molecule has 1 radical (unpaired) electrons. The molecule has 3 rings (SSSR count). The van der Waals surface area contributed by atoms with Crippen LogP contribution < -0.4 is 16.3 Å². The smallest absolute Gasteiger partial charge is 0.587 e. The van der Waals surface area contributed by atoms with Crippen molar-refractivity contribution < 1.29 is 70.1 Å². The van der Waals surface area contributed by atoms with E-state index in [1.807, 2.05) is 0 Å². The van der Waals surface area contributed by atoms with Crippen molar-refractivity contribution in [2.75, 3.05) is 0 Å². The third kappa shape index (κ3) is 10.5. The van der Waals surface area contributed by atoms with Crippen molar-refractivity contribution >= 4 is 0 Å². The number of hydrogen-bond acceptors (Lipinski definition) is 0. The average Bonchev–Trinajstić information content (AvgIpc) is 3.04. The summed E-state index contributed by atoms with van der Waals surface area (Å²) in [6.07, 6.45) is 0. The first kappa shape index (κ1) is 25.4. The maximum atomic E-state index is 8.89. The molecule has 0 bridgehead atoms. The van der Waals surface area contributed by atoms with Crippen LogP contribution in [-0.4, -0.2) is 29.7 Å². The Hall–Kier alpha value is -2.59. The minimum atomic E-state index is 0. The molecule has 7 heteroatoms. The molecule has 3 aromatic carbocycles. The Kier molecular flexibility index (Phi) is 13.1. The Morgan fingerprint density at radius 2 is 0.607 bits per heavy atom. The minimum Gasteiger partial charge on any atom is -0.587 e. The molecule has 0 saturated carbocycles. The van der Waals surface area contributed by atoms with Crippen LogP contribution in [0.1, 0.15) is 0 Å². The van der Waals surface area contributed by atoms with Crippen LogP contribution in [0.5, 0.6) is 17.2 Å². The summed E-state index contributed by atoms with van der Waals surface area (Å²) in [4.78, 5) is 26.7. The van der Waals surface area contributed by atoms with Crippen molar-refractivity contribution in [3.8, 4) is 17.2 Å². The molecule has 0 fully saturated rings. The van der Waals surface area contributed by atoms with Crippen LogP contribution >= 0.6 is 0 Å². The predicted octanol–water partition coefficient (Wildman–Crippen LogP) is 0.387. The van der Waals surface area contributed by atoms with E-state index >= 15 is 0 Å². The van der Waals surface area contributed by atoms with Gasteiger partial charge in [-0.2, -0.15) is 0 Å². The Bertz CT molecular complexity index is 906. The molecule has 141 valence electrons. The second-order valence-electron chi connectivity index (χ2n) is 5.13. The molecule has 0 atom stereocenters. The molecule has 0 unspecified atom stereocenters. The van der Waals surface area contributed by atoms with Gasteiger partial charge in [-0.05, 0) is 0 Å². The Labute approximate surface area is 193 Å². The molecule has 6 nitrogen and oxygen atoms in total. The van der Waals surface area contributed by atoms with Gasteiger partial charge in [0.1, 0.15) is 0 Å². The summed E-state index contributed by atoms with van der Waals surface area (Å²) in [5.74, 6) is 0.458. The summed E-state index contributed by atoms with van der Waals surface area (Å²) in [5.41, 5.74) is 0.0417. The van der Waals surface area contributed by atoms with Crippen LogP contribution in [0.4, 0.5) is 0 Å². The van der Waals surface area contributed by atoms with Crippen molar-refractivity contribution in [3.05, 3.63) is 107 Å². The standard InChI is InChI=1S/3C7H6O2.Sm/c3*8-6-4-2-1-3-5-7(6)9;/h3*1-5H,(H,8,9);/q;;;+3/p+6. The summed E-state index contributed by atoms with van der Waals surface area (Å²) in [7, 11) is 0. The fourth-order valence-corrected chi connectivity index (χ4v) is 1.61. The van der Waals surface area contributed by atoms with Gasteiger partial charge in [-0.25, -0.2) is 0 Å². The second-order valence-corrected chi connectivity index (χ2v) is 5.13. The van der Waals surface area contributed by atoms with Crippen LogP contribution in [0.2, 0.25) is 0 Å². The molecule has 9 N–H and O–H groups in total. The van der Waals surface area contributed by atoms with Gasteiger partial charge in [-0.3, -0.25) is 14.4 Å². The SMILES string of the molecule is [OH+]=c1cccccc1[OH2+].[OH+]=c1cccccc1[OH2+].[OH+]=c1cccccc1[OH2+].[Sm+3]. The van der Waals surface area contributed by atoms with E-state index in [1.165, 1.54) is 36.4 Å². The number of rotatable bonds is 0. The van der Waals surface area contributed by atoms with E-state index in [0.717, 1.165) is 0 Å². The molecule has 3 aromatic rings. The summed E-state index contributed by atoms with van der Waals surface area (Å²) < 4.78 is 0. The van der Waals surface area contributed by atoms with E-state index in [2.05, 4.69) is 0 Å². The van der Waals surface area contributed by atoms with Gasteiger partial charge < -0.3 is 15.3 Å². The van der Waals surface area contributed by atoms with E-state index < -0.39 is 0 Å². The second kappa shape index (κ2) is 14.5. The molecular formula is C21H24O6Sm+9. The van der Waals surface area contributed by atoms with Crippen LogP contribution in [0.25, 0.3) is 0 Å². The van der Waals surface area contributed by atoms with Gasteiger partial charge in [0.2, 0.25) is 0 Å². The third-order valence-corrected chi connectivity index (χ3v) is 3.05. The fourth-order valence-electron chi connectivity index (χ4n) is 1.61. The summed E-state index contributed by atoms with van der Waals surface area (Å²) in [5, 5.41) is 21.3. The van der Waals surface area contributed by atoms with Gasteiger partial charge in [-0.15, -0.1) is 0 Å². The predicted molar refractivity (Wildman–Crippen MR) is 104 cm³/mol. The van der Waals surface area contributed by atoms with Crippen molar-refractivity contribution in [3.63, 3.8) is 0 Å². The fraction of sp³-hybridized carbons (Fsp3) is 0.